The van der Waals surface area contributed by atoms with Gasteiger partial charge in [-0.2, -0.15) is 5.10 Å². The van der Waals surface area contributed by atoms with Crippen LogP contribution in [0.3, 0.4) is 0 Å². The molecule has 0 bridgehead atoms. The molecule has 7 nitrogen and oxygen atoms in total. The van der Waals surface area contributed by atoms with Crippen LogP contribution in [0.25, 0.3) is 0 Å². The molecule has 0 atom stereocenters. The van der Waals surface area contributed by atoms with Gasteiger partial charge in [-0.3, -0.25) is 9.48 Å². The SMILES string of the molecule is CCOC(=O)c1cc(C(=O)NCCCN(CC)CC)nn1C. The van der Waals surface area contributed by atoms with Gasteiger partial charge in [0.2, 0.25) is 0 Å². The Kier molecular flexibility index (Phi) is 7.59. The fourth-order valence-corrected chi connectivity index (χ4v) is 2.11. The highest BCUT2D eigenvalue weighted by molar-refractivity contribution is 5.95. The van der Waals surface area contributed by atoms with Gasteiger partial charge in [0.05, 0.1) is 6.61 Å². The number of amides is 1. The number of hydrogen-bond donors (Lipinski definition) is 1. The molecule has 0 aromatic carbocycles. The van der Waals surface area contributed by atoms with E-state index in [-0.39, 0.29) is 23.9 Å². The summed E-state index contributed by atoms with van der Waals surface area (Å²) in [5.74, 6) is -0.747. The van der Waals surface area contributed by atoms with Crippen LogP contribution < -0.4 is 5.32 Å². The maximum atomic E-state index is 12.0. The Morgan fingerprint density at radius 1 is 1.32 bits per heavy atom. The summed E-state index contributed by atoms with van der Waals surface area (Å²) in [6.07, 6.45) is 0.880. The van der Waals surface area contributed by atoms with Gasteiger partial charge >= 0.3 is 5.97 Å². The molecule has 124 valence electrons. The summed E-state index contributed by atoms with van der Waals surface area (Å²) in [7, 11) is 1.61. The van der Waals surface area contributed by atoms with E-state index in [0.717, 1.165) is 26.1 Å². The Labute approximate surface area is 131 Å². The second kappa shape index (κ2) is 9.19. The van der Waals surface area contributed by atoms with Crippen LogP contribution in [0.1, 0.15) is 48.2 Å². The topological polar surface area (TPSA) is 76.5 Å². The van der Waals surface area contributed by atoms with Gasteiger partial charge in [-0.1, -0.05) is 13.8 Å². The van der Waals surface area contributed by atoms with Crippen molar-refractivity contribution in [3.63, 3.8) is 0 Å². The Morgan fingerprint density at radius 2 is 2.00 bits per heavy atom. The highest BCUT2D eigenvalue weighted by atomic mass is 16.5. The van der Waals surface area contributed by atoms with Crippen LogP contribution in [0.2, 0.25) is 0 Å². The zero-order valence-corrected chi connectivity index (χ0v) is 13.9. The maximum Gasteiger partial charge on any atom is 0.356 e. The molecular weight excluding hydrogens is 284 g/mol. The molecule has 0 spiro atoms. The lowest BCUT2D eigenvalue weighted by Gasteiger charge is -2.17. The fourth-order valence-electron chi connectivity index (χ4n) is 2.11. The number of aryl methyl sites for hydroxylation is 1. The quantitative estimate of drug-likeness (QED) is 0.545. The molecule has 1 aromatic rings. The van der Waals surface area contributed by atoms with E-state index in [1.807, 2.05) is 0 Å². The lowest BCUT2D eigenvalue weighted by molar-refractivity contribution is 0.0513. The Bertz CT molecular complexity index is 495. The monoisotopic (exact) mass is 310 g/mol. The number of nitrogens with one attached hydrogen (secondary N) is 1. The average molecular weight is 310 g/mol. The predicted molar refractivity (Wildman–Crippen MR) is 83.9 cm³/mol. The highest BCUT2D eigenvalue weighted by Crippen LogP contribution is 2.05. The van der Waals surface area contributed by atoms with Crippen molar-refractivity contribution in [2.24, 2.45) is 7.05 Å². The molecule has 22 heavy (non-hydrogen) atoms. The first kappa shape index (κ1) is 18.2. The van der Waals surface area contributed by atoms with Gasteiger partial charge in [-0.05, 0) is 33.0 Å². The summed E-state index contributed by atoms with van der Waals surface area (Å²) < 4.78 is 6.28. The second-order valence-corrected chi connectivity index (χ2v) is 4.90. The largest absolute Gasteiger partial charge is 0.461 e. The molecule has 1 rings (SSSR count). The molecule has 0 aliphatic rings. The van der Waals surface area contributed by atoms with Crippen LogP contribution >= 0.6 is 0 Å². The van der Waals surface area contributed by atoms with Crippen LogP contribution in [0, 0.1) is 0 Å². The van der Waals surface area contributed by atoms with Gasteiger partial charge in [-0.25, -0.2) is 4.79 Å². The molecule has 0 unspecified atom stereocenters. The van der Waals surface area contributed by atoms with Crippen molar-refractivity contribution in [3.8, 4) is 0 Å². The first-order valence-corrected chi connectivity index (χ1v) is 7.75. The number of aromatic nitrogens is 2. The second-order valence-electron chi connectivity index (χ2n) is 4.90. The van der Waals surface area contributed by atoms with Gasteiger partial charge in [0.25, 0.3) is 5.91 Å². The first-order valence-electron chi connectivity index (χ1n) is 7.75. The van der Waals surface area contributed by atoms with E-state index in [2.05, 4.69) is 29.2 Å². The maximum absolute atomic E-state index is 12.0. The third-order valence-corrected chi connectivity index (χ3v) is 3.43. The van der Waals surface area contributed by atoms with Crippen molar-refractivity contribution >= 4 is 11.9 Å². The van der Waals surface area contributed by atoms with Crippen LogP contribution in [0.4, 0.5) is 0 Å². The molecule has 0 fully saturated rings. The van der Waals surface area contributed by atoms with Gasteiger partial charge < -0.3 is 15.0 Å². The standard InChI is InChI=1S/C15H26N4O3/c1-5-19(6-2)10-8-9-16-14(20)12-11-13(18(4)17-12)15(21)22-7-3/h11H,5-10H2,1-4H3,(H,16,20). The minimum absolute atomic E-state index is 0.230. The van der Waals surface area contributed by atoms with Gasteiger partial charge in [0.1, 0.15) is 5.69 Å². The molecule has 0 radical (unpaired) electrons. The zero-order valence-electron chi connectivity index (χ0n) is 13.9. The number of esters is 1. The third kappa shape index (κ3) is 5.14. The Hall–Kier alpha value is -1.89. The van der Waals surface area contributed by atoms with Crippen LogP contribution in [-0.2, 0) is 11.8 Å². The first-order chi connectivity index (χ1) is 10.5. The zero-order chi connectivity index (χ0) is 16.5. The highest BCUT2D eigenvalue weighted by Gasteiger charge is 2.18. The minimum atomic E-state index is -0.474. The van der Waals surface area contributed by atoms with Gasteiger partial charge in [0, 0.05) is 19.7 Å². The number of carbonyl (C=O) groups excluding carboxylic acids is 2. The number of hydrogen-bond acceptors (Lipinski definition) is 5. The van der Waals surface area contributed by atoms with Crippen LogP contribution in [-0.4, -0.2) is 59.3 Å². The fraction of sp³-hybridized carbons (Fsp3) is 0.667. The summed E-state index contributed by atoms with van der Waals surface area (Å²) >= 11 is 0. The molecule has 0 saturated carbocycles. The van der Waals surface area contributed by atoms with Gasteiger partial charge in [-0.15, -0.1) is 0 Å². The summed E-state index contributed by atoms with van der Waals surface area (Å²) in [6.45, 7) is 9.81. The Balaban J connectivity index is 2.49. The third-order valence-electron chi connectivity index (χ3n) is 3.43. The summed E-state index contributed by atoms with van der Waals surface area (Å²) in [5.41, 5.74) is 0.503. The van der Waals surface area contributed by atoms with E-state index in [9.17, 15) is 9.59 Å². The minimum Gasteiger partial charge on any atom is -0.461 e. The molecule has 1 aromatic heterocycles. The Morgan fingerprint density at radius 3 is 2.59 bits per heavy atom. The van der Waals surface area contributed by atoms with Crippen molar-refractivity contribution in [2.45, 2.75) is 27.2 Å². The summed E-state index contributed by atoms with van der Waals surface area (Å²) in [5, 5.41) is 6.87. The van der Waals surface area contributed by atoms with E-state index >= 15 is 0 Å². The van der Waals surface area contributed by atoms with E-state index in [1.165, 1.54) is 10.7 Å². The van der Waals surface area contributed by atoms with Crippen molar-refractivity contribution in [1.82, 2.24) is 20.0 Å². The van der Waals surface area contributed by atoms with Crippen molar-refractivity contribution in [3.05, 3.63) is 17.5 Å². The lowest BCUT2D eigenvalue weighted by atomic mass is 10.3. The molecule has 0 aliphatic heterocycles. The number of nitrogens with zero attached hydrogens (tertiary/aromatic N) is 3. The van der Waals surface area contributed by atoms with Crippen LogP contribution in [0.5, 0.6) is 0 Å². The van der Waals surface area contributed by atoms with Crippen molar-refractivity contribution < 1.29 is 14.3 Å². The van der Waals surface area contributed by atoms with Crippen molar-refractivity contribution in [1.29, 1.82) is 0 Å². The van der Waals surface area contributed by atoms with E-state index in [0.29, 0.717) is 6.54 Å². The van der Waals surface area contributed by atoms with E-state index in [4.69, 9.17) is 4.74 Å². The molecule has 1 N–H and O–H groups in total. The van der Waals surface area contributed by atoms with E-state index in [1.54, 1.807) is 14.0 Å². The van der Waals surface area contributed by atoms with Crippen LogP contribution in [0.15, 0.2) is 6.07 Å². The molecule has 0 saturated heterocycles. The predicted octanol–water partition coefficient (Wildman–Crippen LogP) is 1.06. The normalized spacial score (nSPS) is 10.8. The summed E-state index contributed by atoms with van der Waals surface area (Å²) in [4.78, 5) is 26.0. The summed E-state index contributed by atoms with van der Waals surface area (Å²) in [6, 6.07) is 1.46. The van der Waals surface area contributed by atoms with E-state index < -0.39 is 5.97 Å². The molecular formula is C15H26N4O3. The molecule has 1 heterocycles. The van der Waals surface area contributed by atoms with Crippen molar-refractivity contribution in [2.75, 3.05) is 32.8 Å². The average Bonchev–Trinajstić information content (AvgIpc) is 2.89. The number of carbonyl (C=O) groups is 2. The lowest BCUT2D eigenvalue weighted by Crippen LogP contribution is -2.30. The molecule has 0 aliphatic carbocycles. The smallest absolute Gasteiger partial charge is 0.356 e. The molecule has 7 heteroatoms. The number of ether oxygens (including phenoxy) is 1. The number of rotatable bonds is 9. The molecule has 1 amide bonds. The van der Waals surface area contributed by atoms with Gasteiger partial charge in [0.15, 0.2) is 5.69 Å².